The van der Waals surface area contributed by atoms with Gasteiger partial charge < -0.3 is 14.5 Å². The predicted molar refractivity (Wildman–Crippen MR) is 99.5 cm³/mol. The molecule has 0 unspecified atom stereocenters. The van der Waals surface area contributed by atoms with Gasteiger partial charge in [0, 0.05) is 23.5 Å². The molecule has 0 spiro atoms. The molecular formula is C21H20FNO4. The van der Waals surface area contributed by atoms with Crippen LogP contribution in [0.5, 0.6) is 5.75 Å². The van der Waals surface area contributed by atoms with Gasteiger partial charge in [0.1, 0.15) is 11.6 Å². The minimum Gasteiger partial charge on any atom is -0.496 e. The number of H-pyrrole nitrogens is 1. The number of Topliss-reactive ketones (excluding diaryl/α,β-unsaturated/α-hetero) is 1. The zero-order valence-electron chi connectivity index (χ0n) is 15.0. The number of carbonyl (C=O) groups is 2. The molecule has 0 bridgehead atoms. The molecule has 0 radical (unpaired) electrons. The Labute approximate surface area is 156 Å². The second-order valence-electron chi connectivity index (χ2n) is 6.14. The van der Waals surface area contributed by atoms with E-state index in [1.165, 1.54) is 19.2 Å². The summed E-state index contributed by atoms with van der Waals surface area (Å²) in [5.74, 6) is -1.27. The van der Waals surface area contributed by atoms with Gasteiger partial charge in [0.05, 0.1) is 12.7 Å². The minimum atomic E-state index is -0.552. The lowest BCUT2D eigenvalue weighted by molar-refractivity contribution is -0.142. The summed E-state index contributed by atoms with van der Waals surface area (Å²) in [4.78, 5) is 27.3. The van der Waals surface area contributed by atoms with Crippen molar-refractivity contribution in [3.05, 3.63) is 65.6 Å². The average molecular weight is 369 g/mol. The van der Waals surface area contributed by atoms with Gasteiger partial charge in [-0.3, -0.25) is 9.59 Å². The Morgan fingerprint density at radius 1 is 1.15 bits per heavy atom. The van der Waals surface area contributed by atoms with Crippen molar-refractivity contribution in [3.63, 3.8) is 0 Å². The van der Waals surface area contributed by atoms with Crippen LogP contribution >= 0.6 is 0 Å². The molecule has 5 nitrogen and oxygen atoms in total. The van der Waals surface area contributed by atoms with Crippen LogP contribution in [0.3, 0.4) is 0 Å². The van der Waals surface area contributed by atoms with Crippen molar-refractivity contribution in [3.8, 4) is 5.75 Å². The highest BCUT2D eigenvalue weighted by molar-refractivity contribution is 6.00. The molecule has 2 aromatic carbocycles. The number of hydrogen-bond acceptors (Lipinski definition) is 4. The fourth-order valence-corrected chi connectivity index (χ4v) is 2.96. The monoisotopic (exact) mass is 369 g/mol. The number of fused-ring (bicyclic) bond motifs is 1. The summed E-state index contributed by atoms with van der Waals surface area (Å²) in [5.41, 5.74) is 2.26. The molecule has 0 fully saturated rings. The number of methoxy groups -OCH3 is 1. The molecule has 0 aliphatic rings. The van der Waals surface area contributed by atoms with Crippen molar-refractivity contribution >= 4 is 22.7 Å². The van der Waals surface area contributed by atoms with E-state index < -0.39 is 24.2 Å². The number of rotatable bonds is 8. The smallest absolute Gasteiger partial charge is 0.306 e. The Bertz CT molecular complexity index is 964. The summed E-state index contributed by atoms with van der Waals surface area (Å²) >= 11 is 0. The number of ether oxygens (including phenoxy) is 2. The van der Waals surface area contributed by atoms with Crippen molar-refractivity contribution in [2.75, 3.05) is 13.7 Å². The molecule has 1 aromatic heterocycles. The quantitative estimate of drug-likeness (QED) is 0.480. The highest BCUT2D eigenvalue weighted by Crippen LogP contribution is 2.21. The third-order valence-electron chi connectivity index (χ3n) is 4.33. The molecule has 0 amide bonds. The number of aromatic amines is 1. The number of nitrogens with one attached hydrogen (secondary N) is 1. The van der Waals surface area contributed by atoms with E-state index in [0.29, 0.717) is 6.42 Å². The second kappa shape index (κ2) is 8.49. The van der Waals surface area contributed by atoms with Crippen molar-refractivity contribution in [2.45, 2.75) is 19.3 Å². The van der Waals surface area contributed by atoms with Gasteiger partial charge in [-0.25, -0.2) is 4.39 Å². The average Bonchev–Trinajstić information content (AvgIpc) is 3.09. The van der Waals surface area contributed by atoms with Crippen LogP contribution in [0, 0.1) is 5.82 Å². The zero-order chi connectivity index (χ0) is 19.2. The molecule has 27 heavy (non-hydrogen) atoms. The van der Waals surface area contributed by atoms with Crippen LogP contribution < -0.4 is 4.74 Å². The SMILES string of the molecule is COc1ccc(F)cc1C(=O)COC(=O)CCCc1c[nH]c2ccccc12. The third-order valence-corrected chi connectivity index (χ3v) is 4.33. The summed E-state index contributed by atoms with van der Waals surface area (Å²) in [6.45, 7) is -0.439. The number of para-hydroxylation sites is 1. The Morgan fingerprint density at radius 2 is 1.96 bits per heavy atom. The maximum atomic E-state index is 13.3. The van der Waals surface area contributed by atoms with E-state index in [-0.39, 0.29) is 17.7 Å². The first-order valence-electron chi connectivity index (χ1n) is 8.66. The molecule has 0 aliphatic heterocycles. The molecule has 0 saturated carbocycles. The van der Waals surface area contributed by atoms with Crippen molar-refractivity contribution in [2.24, 2.45) is 0 Å². The summed E-state index contributed by atoms with van der Waals surface area (Å²) < 4.78 is 23.4. The Kier molecular flexibility index (Phi) is 5.86. The Morgan fingerprint density at radius 3 is 2.78 bits per heavy atom. The van der Waals surface area contributed by atoms with Crippen LogP contribution in [0.4, 0.5) is 4.39 Å². The maximum Gasteiger partial charge on any atom is 0.306 e. The highest BCUT2D eigenvalue weighted by atomic mass is 19.1. The standard InChI is InChI=1S/C21H20FNO4/c1-26-20-10-9-15(22)11-17(20)19(24)13-27-21(25)8-4-5-14-12-23-18-7-3-2-6-16(14)18/h2-3,6-7,9-12,23H,4-5,8,13H2,1H3. The lowest BCUT2D eigenvalue weighted by Gasteiger charge is -2.08. The van der Waals surface area contributed by atoms with Gasteiger partial charge >= 0.3 is 5.97 Å². The van der Waals surface area contributed by atoms with E-state index in [9.17, 15) is 14.0 Å². The number of carbonyl (C=O) groups excluding carboxylic acids is 2. The summed E-state index contributed by atoms with van der Waals surface area (Å²) in [6.07, 6.45) is 3.48. The first kappa shape index (κ1) is 18.6. The molecule has 140 valence electrons. The second-order valence-corrected chi connectivity index (χ2v) is 6.14. The van der Waals surface area contributed by atoms with Gasteiger partial charge in [0.25, 0.3) is 0 Å². The topological polar surface area (TPSA) is 68.4 Å². The minimum absolute atomic E-state index is 0.0593. The van der Waals surface area contributed by atoms with Crippen LogP contribution in [-0.4, -0.2) is 30.5 Å². The number of hydrogen-bond donors (Lipinski definition) is 1. The van der Waals surface area contributed by atoms with Crippen molar-refractivity contribution in [1.82, 2.24) is 4.98 Å². The van der Waals surface area contributed by atoms with E-state index >= 15 is 0 Å². The largest absolute Gasteiger partial charge is 0.496 e. The Hall–Kier alpha value is -3.15. The number of esters is 1. The van der Waals surface area contributed by atoms with Gasteiger partial charge in [-0.05, 0) is 42.7 Å². The van der Waals surface area contributed by atoms with E-state index in [4.69, 9.17) is 9.47 Å². The van der Waals surface area contributed by atoms with Gasteiger partial charge in [0.15, 0.2) is 6.61 Å². The lowest BCUT2D eigenvalue weighted by Crippen LogP contribution is -2.15. The van der Waals surface area contributed by atoms with Crippen LogP contribution in [0.1, 0.15) is 28.8 Å². The van der Waals surface area contributed by atoms with E-state index in [1.54, 1.807) is 0 Å². The van der Waals surface area contributed by atoms with Crippen molar-refractivity contribution < 1.29 is 23.5 Å². The lowest BCUT2D eigenvalue weighted by atomic mass is 10.1. The van der Waals surface area contributed by atoms with Crippen LogP contribution in [0.25, 0.3) is 10.9 Å². The fraction of sp³-hybridized carbons (Fsp3) is 0.238. The maximum absolute atomic E-state index is 13.3. The van der Waals surface area contributed by atoms with Gasteiger partial charge in [0.2, 0.25) is 5.78 Å². The number of halogens is 1. The molecule has 3 aromatic rings. The van der Waals surface area contributed by atoms with Gasteiger partial charge in [-0.2, -0.15) is 0 Å². The molecule has 0 atom stereocenters. The van der Waals surface area contributed by atoms with Crippen LogP contribution in [-0.2, 0) is 16.0 Å². The Balaban J connectivity index is 1.48. The van der Waals surface area contributed by atoms with Crippen LogP contribution in [0.2, 0.25) is 0 Å². The van der Waals surface area contributed by atoms with Gasteiger partial charge in [-0.1, -0.05) is 18.2 Å². The van der Waals surface area contributed by atoms with E-state index in [2.05, 4.69) is 4.98 Å². The number of ketones is 1. The number of benzene rings is 2. The normalized spacial score (nSPS) is 10.7. The molecule has 0 saturated heterocycles. The molecule has 3 rings (SSSR count). The summed E-state index contributed by atoms with van der Waals surface area (Å²) in [6, 6.07) is 11.6. The van der Waals surface area contributed by atoms with E-state index in [0.717, 1.165) is 29.0 Å². The highest BCUT2D eigenvalue weighted by Gasteiger charge is 2.16. The molecular weight excluding hydrogens is 349 g/mol. The molecule has 1 N–H and O–H groups in total. The molecule has 1 heterocycles. The molecule has 0 aliphatic carbocycles. The predicted octanol–water partition coefficient (Wildman–Crippen LogP) is 4.06. The number of aromatic nitrogens is 1. The van der Waals surface area contributed by atoms with E-state index in [1.807, 2.05) is 30.5 Å². The number of aryl methyl sites for hydroxylation is 1. The van der Waals surface area contributed by atoms with Gasteiger partial charge in [-0.15, -0.1) is 0 Å². The van der Waals surface area contributed by atoms with Crippen molar-refractivity contribution in [1.29, 1.82) is 0 Å². The fourth-order valence-electron chi connectivity index (χ4n) is 2.96. The first-order chi connectivity index (χ1) is 13.1. The summed E-state index contributed by atoms with van der Waals surface area (Å²) in [5, 5.41) is 1.14. The zero-order valence-corrected chi connectivity index (χ0v) is 15.0. The molecule has 6 heteroatoms. The van der Waals surface area contributed by atoms with Crippen LogP contribution in [0.15, 0.2) is 48.7 Å². The third kappa shape index (κ3) is 4.53. The first-order valence-corrected chi connectivity index (χ1v) is 8.66. The summed E-state index contributed by atoms with van der Waals surface area (Å²) in [7, 11) is 1.39.